The third-order valence-corrected chi connectivity index (χ3v) is 9.36. The van der Waals surface area contributed by atoms with Crippen LogP contribution < -0.4 is 4.72 Å². The van der Waals surface area contributed by atoms with Crippen LogP contribution in [0.4, 0.5) is 0 Å². The highest BCUT2D eigenvalue weighted by Gasteiger charge is 2.26. The number of hydrogen-bond donors (Lipinski definition) is 1. The Morgan fingerprint density at radius 1 is 0.757 bits per heavy atom. The molecule has 0 aromatic heterocycles. The van der Waals surface area contributed by atoms with Crippen molar-refractivity contribution in [2.75, 3.05) is 38.5 Å². The Balaban J connectivity index is 1.03. The molecule has 37 heavy (non-hydrogen) atoms. The lowest BCUT2D eigenvalue weighted by Crippen LogP contribution is -2.46. The quantitative estimate of drug-likeness (QED) is 0.250. The zero-order valence-corrected chi connectivity index (χ0v) is 23.8. The standard InChI is InChI=1S/C30H44ClN3O2S/c31-28-15-13-26(14-16-28)30-12-8-7-11-27(30)25-34-22-20-33(21-23-34)19-9-5-3-1-2-4-6-10-24-37(35,36)32-29-17-18-29/h7-8,11-16,29,32H,1-6,9-10,17-25H2. The Labute approximate surface area is 229 Å². The van der Waals surface area contributed by atoms with Gasteiger partial charge in [-0.1, -0.05) is 86.5 Å². The van der Waals surface area contributed by atoms with Crippen molar-refractivity contribution in [2.24, 2.45) is 0 Å². The molecular weight excluding hydrogens is 502 g/mol. The second-order valence-corrected chi connectivity index (χ2v) is 13.1. The average molecular weight is 546 g/mol. The van der Waals surface area contributed by atoms with E-state index in [4.69, 9.17) is 11.6 Å². The number of sulfonamides is 1. The maximum absolute atomic E-state index is 11.9. The van der Waals surface area contributed by atoms with Gasteiger partial charge in [-0.25, -0.2) is 13.1 Å². The number of rotatable bonds is 16. The summed E-state index contributed by atoms with van der Waals surface area (Å²) < 4.78 is 26.5. The Kier molecular flexibility index (Phi) is 11.3. The molecule has 0 bridgehead atoms. The lowest BCUT2D eigenvalue weighted by molar-refractivity contribution is 0.125. The zero-order chi connectivity index (χ0) is 25.9. The summed E-state index contributed by atoms with van der Waals surface area (Å²) in [6.45, 7) is 6.77. The van der Waals surface area contributed by atoms with Gasteiger partial charge in [-0.3, -0.25) is 4.90 Å². The van der Waals surface area contributed by atoms with Gasteiger partial charge in [-0.15, -0.1) is 0 Å². The fraction of sp³-hybridized carbons (Fsp3) is 0.600. The first kappa shape index (κ1) is 28.6. The molecule has 2 aromatic rings. The molecule has 0 atom stereocenters. The van der Waals surface area contributed by atoms with Crippen LogP contribution in [0.2, 0.25) is 5.02 Å². The summed E-state index contributed by atoms with van der Waals surface area (Å²) in [6.07, 6.45) is 11.4. The number of halogens is 1. The molecule has 1 aliphatic carbocycles. The van der Waals surface area contributed by atoms with E-state index in [1.165, 1.54) is 55.3 Å². The molecule has 7 heteroatoms. The Hall–Kier alpha value is -1.44. The van der Waals surface area contributed by atoms with Crippen molar-refractivity contribution in [1.29, 1.82) is 0 Å². The molecule has 4 rings (SSSR count). The monoisotopic (exact) mass is 545 g/mol. The molecule has 1 saturated carbocycles. The van der Waals surface area contributed by atoms with E-state index in [0.717, 1.165) is 69.9 Å². The maximum Gasteiger partial charge on any atom is 0.211 e. The highest BCUT2D eigenvalue weighted by molar-refractivity contribution is 7.89. The van der Waals surface area contributed by atoms with E-state index in [-0.39, 0.29) is 6.04 Å². The molecule has 0 unspecified atom stereocenters. The van der Waals surface area contributed by atoms with Crippen LogP contribution in [0.1, 0.15) is 69.8 Å². The van der Waals surface area contributed by atoms with Crippen molar-refractivity contribution in [3.63, 3.8) is 0 Å². The van der Waals surface area contributed by atoms with E-state index in [0.29, 0.717) is 5.75 Å². The Bertz CT molecular complexity index is 1050. The van der Waals surface area contributed by atoms with Gasteiger partial charge in [0.15, 0.2) is 0 Å². The fourth-order valence-electron chi connectivity index (χ4n) is 5.18. The summed E-state index contributed by atoms with van der Waals surface area (Å²) in [5.41, 5.74) is 3.92. The average Bonchev–Trinajstić information content (AvgIpc) is 3.70. The third kappa shape index (κ3) is 10.3. The second-order valence-electron chi connectivity index (χ2n) is 10.8. The van der Waals surface area contributed by atoms with E-state index in [2.05, 4.69) is 50.9 Å². The van der Waals surface area contributed by atoms with Crippen LogP contribution in [-0.4, -0.2) is 62.7 Å². The van der Waals surface area contributed by atoms with Gasteiger partial charge in [-0.05, 0) is 61.1 Å². The van der Waals surface area contributed by atoms with E-state index < -0.39 is 10.0 Å². The molecule has 2 fully saturated rings. The number of unbranched alkanes of at least 4 members (excludes halogenated alkanes) is 7. The van der Waals surface area contributed by atoms with E-state index in [1.807, 2.05) is 12.1 Å². The first-order valence-corrected chi connectivity index (χ1v) is 16.3. The Morgan fingerprint density at radius 3 is 2.03 bits per heavy atom. The largest absolute Gasteiger partial charge is 0.301 e. The molecule has 1 aliphatic heterocycles. The zero-order valence-electron chi connectivity index (χ0n) is 22.2. The van der Waals surface area contributed by atoms with Crippen LogP contribution in [0.15, 0.2) is 48.5 Å². The molecule has 0 radical (unpaired) electrons. The first-order chi connectivity index (χ1) is 18.0. The van der Waals surface area contributed by atoms with Crippen molar-refractivity contribution in [3.8, 4) is 11.1 Å². The molecule has 5 nitrogen and oxygen atoms in total. The third-order valence-electron chi connectivity index (χ3n) is 7.59. The van der Waals surface area contributed by atoms with E-state index in [1.54, 1.807) is 0 Å². The van der Waals surface area contributed by atoms with Gasteiger partial charge in [-0.2, -0.15) is 0 Å². The minimum atomic E-state index is -3.03. The number of hydrogen-bond acceptors (Lipinski definition) is 4. The molecule has 1 saturated heterocycles. The van der Waals surface area contributed by atoms with Crippen molar-refractivity contribution >= 4 is 21.6 Å². The highest BCUT2D eigenvalue weighted by atomic mass is 35.5. The van der Waals surface area contributed by atoms with Gasteiger partial charge in [0, 0.05) is 43.8 Å². The van der Waals surface area contributed by atoms with Crippen LogP contribution in [0.3, 0.4) is 0 Å². The van der Waals surface area contributed by atoms with Crippen LogP contribution in [0.25, 0.3) is 11.1 Å². The molecule has 1 N–H and O–H groups in total. The number of nitrogens with zero attached hydrogens (tertiary/aromatic N) is 2. The summed E-state index contributed by atoms with van der Waals surface area (Å²) >= 11 is 6.09. The minimum absolute atomic E-state index is 0.233. The fourth-order valence-corrected chi connectivity index (χ4v) is 6.75. The normalized spacial score (nSPS) is 17.3. The van der Waals surface area contributed by atoms with Crippen LogP contribution >= 0.6 is 11.6 Å². The molecular formula is C30H44ClN3O2S. The van der Waals surface area contributed by atoms with Gasteiger partial charge < -0.3 is 4.90 Å². The summed E-state index contributed by atoms with van der Waals surface area (Å²) in [7, 11) is -3.03. The Morgan fingerprint density at radius 2 is 1.35 bits per heavy atom. The molecule has 2 aromatic carbocycles. The number of nitrogens with one attached hydrogen (secondary N) is 1. The van der Waals surface area contributed by atoms with Gasteiger partial charge in [0.05, 0.1) is 5.75 Å². The van der Waals surface area contributed by atoms with Crippen molar-refractivity contribution in [3.05, 3.63) is 59.1 Å². The lowest BCUT2D eigenvalue weighted by atomic mass is 9.99. The minimum Gasteiger partial charge on any atom is -0.301 e. The molecule has 0 amide bonds. The van der Waals surface area contributed by atoms with Gasteiger partial charge in [0.2, 0.25) is 10.0 Å². The smallest absolute Gasteiger partial charge is 0.211 e. The lowest BCUT2D eigenvalue weighted by Gasteiger charge is -2.35. The van der Waals surface area contributed by atoms with Crippen LogP contribution in [0.5, 0.6) is 0 Å². The SMILES string of the molecule is O=S(=O)(CCCCCCCCCCN1CCN(Cc2ccccc2-c2ccc(Cl)cc2)CC1)NC1CC1. The van der Waals surface area contributed by atoms with Crippen molar-refractivity contribution in [2.45, 2.75) is 76.8 Å². The van der Waals surface area contributed by atoms with Gasteiger partial charge >= 0.3 is 0 Å². The van der Waals surface area contributed by atoms with Crippen LogP contribution in [0, 0.1) is 0 Å². The van der Waals surface area contributed by atoms with Gasteiger partial charge in [0.25, 0.3) is 0 Å². The summed E-state index contributed by atoms with van der Waals surface area (Å²) in [6, 6.07) is 17.1. The second kappa shape index (κ2) is 14.6. The predicted molar refractivity (Wildman–Crippen MR) is 155 cm³/mol. The van der Waals surface area contributed by atoms with Crippen molar-refractivity contribution in [1.82, 2.24) is 14.5 Å². The molecule has 0 spiro atoms. The number of benzene rings is 2. The molecule has 204 valence electrons. The van der Waals surface area contributed by atoms with Crippen molar-refractivity contribution < 1.29 is 8.42 Å². The highest BCUT2D eigenvalue weighted by Crippen LogP contribution is 2.26. The van der Waals surface area contributed by atoms with E-state index >= 15 is 0 Å². The molecule has 1 heterocycles. The molecule has 2 aliphatic rings. The first-order valence-electron chi connectivity index (χ1n) is 14.3. The number of piperazine rings is 1. The predicted octanol–water partition coefficient (Wildman–Crippen LogP) is 6.33. The maximum atomic E-state index is 11.9. The topological polar surface area (TPSA) is 52.7 Å². The van der Waals surface area contributed by atoms with Gasteiger partial charge in [0.1, 0.15) is 0 Å². The summed E-state index contributed by atoms with van der Waals surface area (Å²) in [5.74, 6) is 0.297. The van der Waals surface area contributed by atoms with E-state index in [9.17, 15) is 8.42 Å². The van der Waals surface area contributed by atoms with Crippen LogP contribution in [-0.2, 0) is 16.6 Å². The summed E-state index contributed by atoms with van der Waals surface area (Å²) in [4.78, 5) is 5.20. The summed E-state index contributed by atoms with van der Waals surface area (Å²) in [5, 5.41) is 0.777.